The maximum Gasteiger partial charge on any atom is 0.170 e. The lowest BCUT2D eigenvalue weighted by atomic mass is 10.1. The fourth-order valence-corrected chi connectivity index (χ4v) is 2.25. The first-order valence-electron chi connectivity index (χ1n) is 6.19. The Labute approximate surface area is 106 Å². The number of rotatable bonds is 3. The molecule has 0 aromatic heterocycles. The Morgan fingerprint density at radius 2 is 2.06 bits per heavy atom. The Kier molecular flexibility index (Phi) is 4.15. The Balaban J connectivity index is 2.09. The van der Waals surface area contributed by atoms with Gasteiger partial charge in [-0.15, -0.1) is 0 Å². The van der Waals surface area contributed by atoms with E-state index in [0.29, 0.717) is 17.7 Å². The quantitative estimate of drug-likeness (QED) is 0.373. The van der Waals surface area contributed by atoms with Gasteiger partial charge in [-0.3, -0.25) is 4.90 Å². The van der Waals surface area contributed by atoms with Crippen LogP contribution in [0.2, 0.25) is 0 Å². The van der Waals surface area contributed by atoms with Crippen LogP contribution in [0.4, 0.5) is 4.39 Å². The van der Waals surface area contributed by atoms with Crippen LogP contribution in [0.25, 0.3) is 0 Å². The van der Waals surface area contributed by atoms with E-state index in [4.69, 9.17) is 10.9 Å². The maximum atomic E-state index is 13.9. The summed E-state index contributed by atoms with van der Waals surface area (Å²) in [5, 5.41) is 11.4. The highest BCUT2D eigenvalue weighted by atomic mass is 19.1. The van der Waals surface area contributed by atoms with Crippen LogP contribution in [0.1, 0.15) is 30.4 Å². The van der Waals surface area contributed by atoms with Crippen molar-refractivity contribution >= 4 is 5.84 Å². The highest BCUT2D eigenvalue weighted by Gasteiger charge is 2.13. The summed E-state index contributed by atoms with van der Waals surface area (Å²) in [7, 11) is 0. The van der Waals surface area contributed by atoms with E-state index in [-0.39, 0.29) is 11.7 Å². The number of oxime groups is 1. The zero-order valence-electron chi connectivity index (χ0n) is 10.3. The van der Waals surface area contributed by atoms with Crippen LogP contribution in [-0.2, 0) is 6.54 Å². The highest BCUT2D eigenvalue weighted by molar-refractivity contribution is 5.97. The monoisotopic (exact) mass is 251 g/mol. The zero-order valence-corrected chi connectivity index (χ0v) is 10.3. The average molecular weight is 251 g/mol. The summed E-state index contributed by atoms with van der Waals surface area (Å²) in [4.78, 5) is 2.26. The molecule has 0 radical (unpaired) electrons. The first kappa shape index (κ1) is 12.8. The number of halogens is 1. The molecule has 0 amide bonds. The van der Waals surface area contributed by atoms with Gasteiger partial charge in [0.15, 0.2) is 5.84 Å². The van der Waals surface area contributed by atoms with E-state index >= 15 is 0 Å². The molecule has 2 rings (SSSR count). The molecular weight excluding hydrogens is 233 g/mol. The Morgan fingerprint density at radius 1 is 1.33 bits per heavy atom. The predicted molar refractivity (Wildman–Crippen MR) is 68.0 cm³/mol. The molecule has 1 fully saturated rings. The number of likely N-dealkylation sites (tertiary alicyclic amines) is 1. The smallest absolute Gasteiger partial charge is 0.170 e. The number of hydrogen-bond donors (Lipinski definition) is 2. The van der Waals surface area contributed by atoms with Gasteiger partial charge in [-0.1, -0.05) is 23.7 Å². The summed E-state index contributed by atoms with van der Waals surface area (Å²) in [6.45, 7) is 2.69. The van der Waals surface area contributed by atoms with Crippen LogP contribution in [0.3, 0.4) is 0 Å². The van der Waals surface area contributed by atoms with Crippen LogP contribution in [0.5, 0.6) is 0 Å². The van der Waals surface area contributed by atoms with E-state index in [0.717, 1.165) is 13.1 Å². The molecule has 0 unspecified atom stereocenters. The largest absolute Gasteiger partial charge is 0.409 e. The number of benzene rings is 1. The van der Waals surface area contributed by atoms with E-state index in [1.807, 2.05) is 0 Å². The molecule has 1 heterocycles. The lowest BCUT2D eigenvalue weighted by Crippen LogP contribution is -2.29. The lowest BCUT2D eigenvalue weighted by molar-refractivity contribution is 0.218. The van der Waals surface area contributed by atoms with E-state index < -0.39 is 0 Å². The Bertz CT molecular complexity index is 442. The molecule has 18 heavy (non-hydrogen) atoms. The molecule has 0 saturated carbocycles. The molecule has 4 nitrogen and oxygen atoms in total. The molecule has 0 bridgehead atoms. The van der Waals surface area contributed by atoms with Gasteiger partial charge in [0.25, 0.3) is 0 Å². The van der Waals surface area contributed by atoms with Crippen molar-refractivity contribution in [2.75, 3.05) is 13.1 Å². The zero-order chi connectivity index (χ0) is 13.0. The summed E-state index contributed by atoms with van der Waals surface area (Å²) in [5.41, 5.74) is 6.48. The van der Waals surface area contributed by atoms with E-state index in [2.05, 4.69) is 10.1 Å². The molecule has 1 aromatic carbocycles. The van der Waals surface area contributed by atoms with Gasteiger partial charge in [-0.2, -0.15) is 0 Å². The summed E-state index contributed by atoms with van der Waals surface area (Å²) in [6.07, 6.45) is 3.63. The van der Waals surface area contributed by atoms with Crippen LogP contribution < -0.4 is 5.73 Å². The van der Waals surface area contributed by atoms with Crippen molar-refractivity contribution < 1.29 is 9.60 Å². The van der Waals surface area contributed by atoms with Crippen molar-refractivity contribution in [1.82, 2.24) is 4.90 Å². The average Bonchev–Trinajstić information content (AvgIpc) is 2.41. The van der Waals surface area contributed by atoms with Gasteiger partial charge < -0.3 is 10.9 Å². The second kappa shape index (κ2) is 5.82. The Morgan fingerprint density at radius 3 is 2.67 bits per heavy atom. The van der Waals surface area contributed by atoms with Crippen molar-refractivity contribution in [3.63, 3.8) is 0 Å². The van der Waals surface area contributed by atoms with Crippen LogP contribution in [-0.4, -0.2) is 29.0 Å². The molecule has 1 aromatic rings. The molecule has 3 N–H and O–H groups in total. The fourth-order valence-electron chi connectivity index (χ4n) is 2.25. The predicted octanol–water partition coefficient (Wildman–Crippen LogP) is 1.91. The minimum Gasteiger partial charge on any atom is -0.409 e. The first-order chi connectivity index (χ1) is 8.70. The van der Waals surface area contributed by atoms with Crippen LogP contribution in [0, 0.1) is 5.82 Å². The second-order valence-corrected chi connectivity index (χ2v) is 4.63. The Hall–Kier alpha value is -1.62. The molecule has 98 valence electrons. The molecule has 0 spiro atoms. The van der Waals surface area contributed by atoms with Gasteiger partial charge in [-0.25, -0.2) is 4.39 Å². The standard InChI is InChI=1S/C13H18FN3O/c14-12-8-10(13(15)16-18)4-5-11(12)9-17-6-2-1-3-7-17/h4-5,8,18H,1-3,6-7,9H2,(H2,15,16). The van der Waals surface area contributed by atoms with Gasteiger partial charge in [0.05, 0.1) is 0 Å². The number of nitrogens with two attached hydrogens (primary N) is 1. The normalized spacial score (nSPS) is 17.9. The minimum atomic E-state index is -0.301. The molecule has 1 aliphatic heterocycles. The molecular formula is C13H18FN3O. The topological polar surface area (TPSA) is 61.9 Å². The first-order valence-corrected chi connectivity index (χ1v) is 6.19. The van der Waals surface area contributed by atoms with Crippen molar-refractivity contribution in [1.29, 1.82) is 0 Å². The third-order valence-corrected chi connectivity index (χ3v) is 3.30. The van der Waals surface area contributed by atoms with Crippen molar-refractivity contribution in [3.8, 4) is 0 Å². The molecule has 1 aliphatic rings. The summed E-state index contributed by atoms with van der Waals surface area (Å²) in [5.74, 6) is -0.372. The van der Waals surface area contributed by atoms with E-state index in [1.165, 1.54) is 25.3 Å². The molecule has 0 aliphatic carbocycles. The van der Waals surface area contributed by atoms with Gasteiger partial charge in [0.1, 0.15) is 5.82 Å². The second-order valence-electron chi connectivity index (χ2n) is 4.63. The summed E-state index contributed by atoms with van der Waals surface area (Å²) >= 11 is 0. The highest BCUT2D eigenvalue weighted by Crippen LogP contribution is 2.16. The van der Waals surface area contributed by atoms with E-state index in [9.17, 15) is 4.39 Å². The van der Waals surface area contributed by atoms with Crippen LogP contribution >= 0.6 is 0 Å². The lowest BCUT2D eigenvalue weighted by Gasteiger charge is -2.26. The van der Waals surface area contributed by atoms with Crippen molar-refractivity contribution in [2.24, 2.45) is 10.9 Å². The molecule has 1 saturated heterocycles. The number of nitrogens with zero attached hydrogens (tertiary/aromatic N) is 2. The van der Waals surface area contributed by atoms with Gasteiger partial charge in [0.2, 0.25) is 0 Å². The third-order valence-electron chi connectivity index (χ3n) is 3.30. The molecule has 5 heteroatoms. The van der Waals surface area contributed by atoms with Gasteiger partial charge in [-0.05, 0) is 32.0 Å². The minimum absolute atomic E-state index is 0.0709. The maximum absolute atomic E-state index is 13.9. The number of amidine groups is 1. The third kappa shape index (κ3) is 2.98. The van der Waals surface area contributed by atoms with Gasteiger partial charge >= 0.3 is 0 Å². The van der Waals surface area contributed by atoms with Crippen molar-refractivity contribution in [3.05, 3.63) is 35.1 Å². The van der Waals surface area contributed by atoms with Gasteiger partial charge in [0, 0.05) is 17.7 Å². The summed E-state index contributed by atoms with van der Waals surface area (Å²) in [6, 6.07) is 4.70. The van der Waals surface area contributed by atoms with Crippen molar-refractivity contribution in [2.45, 2.75) is 25.8 Å². The molecule has 0 atom stereocenters. The van der Waals surface area contributed by atoms with E-state index in [1.54, 1.807) is 12.1 Å². The number of piperidine rings is 1. The van der Waals surface area contributed by atoms with Crippen LogP contribution in [0.15, 0.2) is 23.4 Å². The number of hydrogen-bond acceptors (Lipinski definition) is 3. The SMILES string of the molecule is N/C(=N\O)c1ccc(CN2CCCCC2)c(F)c1. The summed E-state index contributed by atoms with van der Waals surface area (Å²) < 4.78 is 13.9. The fraction of sp³-hybridized carbons (Fsp3) is 0.462.